The van der Waals surface area contributed by atoms with Crippen molar-refractivity contribution in [2.75, 3.05) is 0 Å². The predicted octanol–water partition coefficient (Wildman–Crippen LogP) is 1.75. The number of hydrogen-bond donors (Lipinski definition) is 0. The van der Waals surface area contributed by atoms with Gasteiger partial charge in [-0.05, 0) is 12.1 Å². The number of halogens is 1. The maximum atomic E-state index is 12.2. The molecule has 0 aliphatic rings. The van der Waals surface area contributed by atoms with Gasteiger partial charge in [-0.3, -0.25) is 0 Å². The van der Waals surface area contributed by atoms with E-state index in [2.05, 4.69) is 0 Å². The first-order valence-electron chi connectivity index (χ1n) is 3.87. The lowest BCUT2D eigenvalue weighted by molar-refractivity contribution is 0.797. The molecule has 12 heavy (non-hydrogen) atoms. The molecule has 1 aromatic carbocycles. The maximum absolute atomic E-state index is 12.2. The van der Waals surface area contributed by atoms with Crippen LogP contribution in [0.5, 0.6) is 0 Å². The van der Waals surface area contributed by atoms with Crippen LogP contribution in [-0.2, 0) is 0 Å². The van der Waals surface area contributed by atoms with Gasteiger partial charge >= 0.3 is 0 Å². The minimum atomic E-state index is 0.620. The normalized spacial score (nSPS) is 14.5. The molecule has 0 saturated carbocycles. The van der Waals surface area contributed by atoms with Crippen molar-refractivity contribution in [3.8, 4) is 0 Å². The molecule has 0 saturated heterocycles. The van der Waals surface area contributed by atoms with Crippen molar-refractivity contribution in [1.29, 1.82) is 0 Å². The molecular weight excluding hydrogens is 151 g/mol. The van der Waals surface area contributed by atoms with Crippen LogP contribution >= 0.6 is 0 Å². The van der Waals surface area contributed by atoms with Crippen LogP contribution in [-0.4, -0.2) is 0 Å². The van der Waals surface area contributed by atoms with E-state index in [0.29, 0.717) is 11.5 Å². The Bertz CT molecular complexity index is 374. The fourth-order valence-corrected chi connectivity index (χ4v) is 0.962. The van der Waals surface area contributed by atoms with Gasteiger partial charge in [0, 0.05) is 5.22 Å². The second-order valence-corrected chi connectivity index (χ2v) is 2.43. The number of allylic oxidation sites excluding steroid dienone is 2. The average Bonchev–Trinajstić information content (AvgIpc) is 2.15. The summed E-state index contributed by atoms with van der Waals surface area (Å²) < 4.78 is 12.2. The van der Waals surface area contributed by atoms with E-state index in [0.717, 1.165) is 5.22 Å². The van der Waals surface area contributed by atoms with Crippen LogP contribution in [0.3, 0.4) is 0 Å². The van der Waals surface area contributed by atoms with E-state index < -0.39 is 0 Å². The summed E-state index contributed by atoms with van der Waals surface area (Å²) in [6.45, 7) is 1.93. The van der Waals surface area contributed by atoms with Gasteiger partial charge in [0.1, 0.15) is 0 Å². The highest BCUT2D eigenvalue weighted by Gasteiger charge is 1.80. The van der Waals surface area contributed by atoms with Crippen molar-refractivity contribution in [1.82, 2.24) is 0 Å². The zero-order valence-electron chi connectivity index (χ0n) is 7.00. The van der Waals surface area contributed by atoms with Crippen molar-refractivity contribution in [3.63, 3.8) is 0 Å². The largest absolute Gasteiger partial charge is 0.215 e. The van der Waals surface area contributed by atoms with Crippen LogP contribution < -0.4 is 10.4 Å². The molecule has 0 unspecified atom stereocenters. The van der Waals surface area contributed by atoms with Gasteiger partial charge in [0.15, 0.2) is 0 Å². The molecule has 0 aromatic heterocycles. The van der Waals surface area contributed by atoms with Crippen molar-refractivity contribution < 1.29 is 4.39 Å². The molecule has 1 rings (SSSR count). The third-order valence-electron chi connectivity index (χ3n) is 1.58. The molecule has 1 heteroatoms. The molecular formula is C11H11F. The molecule has 0 bridgehead atoms. The van der Waals surface area contributed by atoms with Crippen molar-refractivity contribution in [2.24, 2.45) is 0 Å². The topological polar surface area (TPSA) is 0 Å². The molecule has 0 aliphatic carbocycles. The van der Waals surface area contributed by atoms with Crippen LogP contribution in [0.2, 0.25) is 0 Å². The third kappa shape index (κ3) is 2.06. The molecule has 0 atom stereocenters. The Morgan fingerprint density at radius 3 is 2.42 bits per heavy atom. The molecule has 0 spiro atoms. The summed E-state index contributed by atoms with van der Waals surface area (Å²) in [5.41, 5.74) is 0. The molecule has 0 amide bonds. The van der Waals surface area contributed by atoms with Gasteiger partial charge < -0.3 is 0 Å². The minimum Gasteiger partial charge on any atom is -0.215 e. The lowest BCUT2D eigenvalue weighted by atomic mass is 10.2. The van der Waals surface area contributed by atoms with Crippen LogP contribution in [0.1, 0.15) is 6.92 Å². The predicted molar refractivity (Wildman–Crippen MR) is 50.5 cm³/mol. The average molecular weight is 162 g/mol. The van der Waals surface area contributed by atoms with Crippen LogP contribution in [0.15, 0.2) is 36.4 Å². The van der Waals surface area contributed by atoms with E-state index in [1.807, 2.05) is 43.4 Å². The smallest absolute Gasteiger partial charge is 0.0945 e. The highest BCUT2D eigenvalue weighted by Crippen LogP contribution is 1.75. The number of benzene rings is 1. The number of rotatable bonds is 1. The Balaban J connectivity index is 3.33. The van der Waals surface area contributed by atoms with Gasteiger partial charge in [-0.15, -0.1) is 0 Å². The molecule has 0 fully saturated rings. The minimum absolute atomic E-state index is 0.620. The summed E-state index contributed by atoms with van der Waals surface area (Å²) in [6, 6.07) is 7.33. The quantitative estimate of drug-likeness (QED) is 0.590. The Kier molecular flexibility index (Phi) is 3.27. The van der Waals surface area contributed by atoms with Crippen molar-refractivity contribution in [3.05, 3.63) is 46.9 Å². The van der Waals surface area contributed by atoms with E-state index in [1.54, 1.807) is 6.07 Å². The lowest BCUT2D eigenvalue weighted by Crippen LogP contribution is -2.22. The van der Waals surface area contributed by atoms with Gasteiger partial charge in [-0.1, -0.05) is 42.5 Å². The van der Waals surface area contributed by atoms with Gasteiger partial charge in [0.25, 0.3) is 0 Å². The summed E-state index contributed by atoms with van der Waals surface area (Å²) in [4.78, 5) is 0. The van der Waals surface area contributed by atoms with E-state index in [-0.39, 0.29) is 0 Å². The van der Waals surface area contributed by atoms with Gasteiger partial charge in [-0.2, -0.15) is 0 Å². The van der Waals surface area contributed by atoms with E-state index in [9.17, 15) is 4.39 Å². The highest BCUT2D eigenvalue weighted by atomic mass is 19.1. The molecule has 0 radical (unpaired) electrons. The lowest BCUT2D eigenvalue weighted by Gasteiger charge is -1.85. The van der Waals surface area contributed by atoms with Gasteiger partial charge in [0.2, 0.25) is 0 Å². The molecule has 62 valence electrons. The standard InChI is InChI=1S/C11H11F/c1-2-3-6-10-7-4-5-8-11(10)9-12/h2-9H,1H3/b3-2-,10-6-,11-9-. The second-order valence-electron chi connectivity index (χ2n) is 2.43. The zero-order valence-corrected chi connectivity index (χ0v) is 7.00. The van der Waals surface area contributed by atoms with Crippen LogP contribution in [0.25, 0.3) is 12.4 Å². The Labute approximate surface area is 71.4 Å². The zero-order chi connectivity index (χ0) is 8.81. The molecule has 0 heterocycles. The van der Waals surface area contributed by atoms with Crippen molar-refractivity contribution >= 4 is 12.4 Å². The molecule has 0 aliphatic heterocycles. The van der Waals surface area contributed by atoms with Gasteiger partial charge in [0.05, 0.1) is 6.33 Å². The Morgan fingerprint density at radius 1 is 1.17 bits per heavy atom. The first-order valence-corrected chi connectivity index (χ1v) is 3.87. The SMILES string of the molecule is C\C=C/C=c1/cccc/c1=C/F. The molecule has 0 N–H and O–H groups in total. The summed E-state index contributed by atoms with van der Waals surface area (Å²) in [6.07, 6.45) is 6.30. The second kappa shape index (κ2) is 4.50. The summed E-state index contributed by atoms with van der Waals surface area (Å²) in [7, 11) is 0. The summed E-state index contributed by atoms with van der Waals surface area (Å²) in [5.74, 6) is 0. The monoisotopic (exact) mass is 162 g/mol. The Hall–Kier alpha value is -1.37. The van der Waals surface area contributed by atoms with Crippen LogP contribution in [0.4, 0.5) is 4.39 Å². The fourth-order valence-electron chi connectivity index (χ4n) is 0.962. The molecule has 0 nitrogen and oxygen atoms in total. The highest BCUT2D eigenvalue weighted by molar-refractivity contribution is 5.38. The number of hydrogen-bond acceptors (Lipinski definition) is 0. The first kappa shape index (κ1) is 8.72. The molecule has 1 aromatic rings. The van der Waals surface area contributed by atoms with Crippen molar-refractivity contribution in [2.45, 2.75) is 6.92 Å². The van der Waals surface area contributed by atoms with E-state index >= 15 is 0 Å². The Morgan fingerprint density at radius 2 is 1.83 bits per heavy atom. The fraction of sp³-hybridized carbons (Fsp3) is 0.0909. The van der Waals surface area contributed by atoms with Crippen LogP contribution in [0, 0.1) is 0 Å². The summed E-state index contributed by atoms with van der Waals surface area (Å²) >= 11 is 0. The van der Waals surface area contributed by atoms with E-state index in [1.165, 1.54) is 0 Å². The maximum Gasteiger partial charge on any atom is 0.0945 e. The summed E-state index contributed by atoms with van der Waals surface area (Å²) in [5, 5.41) is 1.52. The third-order valence-corrected chi connectivity index (χ3v) is 1.58. The van der Waals surface area contributed by atoms with Gasteiger partial charge in [-0.25, -0.2) is 4.39 Å². The van der Waals surface area contributed by atoms with E-state index in [4.69, 9.17) is 0 Å². The first-order chi connectivity index (χ1) is 5.88.